The van der Waals surface area contributed by atoms with E-state index in [0.717, 1.165) is 10.2 Å². The van der Waals surface area contributed by atoms with Crippen LogP contribution in [0.25, 0.3) is 0 Å². The maximum atomic E-state index is 12.1. The van der Waals surface area contributed by atoms with Gasteiger partial charge in [0.15, 0.2) is 0 Å². The Labute approximate surface area is 113 Å². The molecule has 0 spiro atoms. The molecule has 0 bridgehead atoms. The number of carbonyl (C=O) groups excluding carboxylic acids is 1. The number of nitrogens with zero attached hydrogens (tertiary/aromatic N) is 2. The fraction of sp³-hybridized carbons (Fsp3) is 0.167. The second-order valence-electron chi connectivity index (χ2n) is 4.02. The Kier molecular flexibility index (Phi) is 3.38. The zero-order valence-electron chi connectivity index (χ0n) is 10.1. The van der Waals surface area contributed by atoms with Crippen LogP contribution in [-0.2, 0) is 7.05 Å². The normalized spacial score (nSPS) is 10.4. The number of halogens is 1. The molecule has 0 radical (unpaired) electrons. The van der Waals surface area contributed by atoms with E-state index in [0.29, 0.717) is 17.1 Å². The number of aromatic nitrogens is 2. The Morgan fingerprint density at radius 3 is 2.67 bits per heavy atom. The van der Waals surface area contributed by atoms with Crippen LogP contribution < -0.4 is 11.1 Å². The lowest BCUT2D eigenvalue weighted by molar-refractivity contribution is 0.102. The summed E-state index contributed by atoms with van der Waals surface area (Å²) < 4.78 is 2.39. The highest BCUT2D eigenvalue weighted by atomic mass is 79.9. The smallest absolute Gasteiger partial charge is 0.256 e. The van der Waals surface area contributed by atoms with Gasteiger partial charge in [-0.25, -0.2) is 0 Å². The van der Waals surface area contributed by atoms with Crippen molar-refractivity contribution >= 4 is 33.3 Å². The Morgan fingerprint density at radius 2 is 2.11 bits per heavy atom. The summed E-state index contributed by atoms with van der Waals surface area (Å²) in [6, 6.07) is 6.89. The second-order valence-corrected chi connectivity index (χ2v) is 4.94. The van der Waals surface area contributed by atoms with Crippen molar-refractivity contribution in [3.8, 4) is 0 Å². The Bertz CT molecular complexity index is 586. The van der Waals surface area contributed by atoms with E-state index in [-0.39, 0.29) is 5.91 Å². The van der Waals surface area contributed by atoms with Crippen LogP contribution in [0.5, 0.6) is 0 Å². The fourth-order valence-corrected chi connectivity index (χ4v) is 2.17. The van der Waals surface area contributed by atoms with Crippen LogP contribution in [0.4, 0.5) is 11.5 Å². The van der Waals surface area contributed by atoms with Crippen LogP contribution >= 0.6 is 15.9 Å². The average Bonchev–Trinajstić information content (AvgIpc) is 2.56. The maximum Gasteiger partial charge on any atom is 0.256 e. The largest absolute Gasteiger partial charge is 0.399 e. The van der Waals surface area contributed by atoms with E-state index in [4.69, 9.17) is 5.73 Å². The molecule has 2 aromatic rings. The number of anilines is 2. The number of nitrogens with two attached hydrogens (primary N) is 1. The molecule has 18 heavy (non-hydrogen) atoms. The minimum Gasteiger partial charge on any atom is -0.399 e. The molecular formula is C12H13BrN4O. The third-order valence-corrected chi connectivity index (χ3v) is 2.88. The van der Waals surface area contributed by atoms with Crippen molar-refractivity contribution in [1.29, 1.82) is 0 Å². The molecule has 94 valence electrons. The zero-order chi connectivity index (χ0) is 13.3. The molecule has 1 amide bonds. The Balaban J connectivity index is 2.24. The molecule has 1 aromatic carbocycles. The van der Waals surface area contributed by atoms with E-state index in [9.17, 15) is 4.79 Å². The van der Waals surface area contributed by atoms with Crippen LogP contribution in [0.2, 0.25) is 0 Å². The van der Waals surface area contributed by atoms with Crippen molar-refractivity contribution in [2.75, 3.05) is 11.1 Å². The van der Waals surface area contributed by atoms with Gasteiger partial charge >= 0.3 is 0 Å². The molecule has 3 N–H and O–H groups in total. The highest BCUT2D eigenvalue weighted by Crippen LogP contribution is 2.18. The summed E-state index contributed by atoms with van der Waals surface area (Å²) in [5.41, 5.74) is 7.58. The Hall–Kier alpha value is -1.82. The minimum atomic E-state index is -0.217. The van der Waals surface area contributed by atoms with E-state index >= 15 is 0 Å². The molecule has 0 saturated carbocycles. The van der Waals surface area contributed by atoms with E-state index in [1.54, 1.807) is 36.0 Å². The topological polar surface area (TPSA) is 72.9 Å². The van der Waals surface area contributed by atoms with Crippen molar-refractivity contribution in [2.24, 2.45) is 7.05 Å². The molecule has 0 atom stereocenters. The van der Waals surface area contributed by atoms with Crippen LogP contribution in [0.15, 0.2) is 28.7 Å². The van der Waals surface area contributed by atoms with Crippen LogP contribution in [-0.4, -0.2) is 15.7 Å². The number of hydrogen-bond donors (Lipinski definition) is 2. The summed E-state index contributed by atoms with van der Waals surface area (Å²) in [5, 5.41) is 6.95. The van der Waals surface area contributed by atoms with E-state index in [1.165, 1.54) is 0 Å². The molecule has 0 fully saturated rings. The van der Waals surface area contributed by atoms with Gasteiger partial charge in [-0.2, -0.15) is 5.10 Å². The zero-order valence-corrected chi connectivity index (χ0v) is 11.7. The van der Waals surface area contributed by atoms with Gasteiger partial charge in [-0.15, -0.1) is 0 Å². The van der Waals surface area contributed by atoms with Crippen LogP contribution in [0.3, 0.4) is 0 Å². The lowest BCUT2D eigenvalue weighted by atomic mass is 10.2. The first-order valence-electron chi connectivity index (χ1n) is 5.34. The summed E-state index contributed by atoms with van der Waals surface area (Å²) in [6.07, 6.45) is 0. The number of aryl methyl sites for hydroxylation is 2. The van der Waals surface area contributed by atoms with Gasteiger partial charge in [-0.3, -0.25) is 9.48 Å². The molecule has 0 aliphatic carbocycles. The molecule has 0 aliphatic heterocycles. The van der Waals surface area contributed by atoms with Crippen molar-refractivity contribution in [3.63, 3.8) is 0 Å². The van der Waals surface area contributed by atoms with Gasteiger partial charge in [0.25, 0.3) is 5.91 Å². The van der Waals surface area contributed by atoms with E-state index in [2.05, 4.69) is 26.3 Å². The summed E-state index contributed by atoms with van der Waals surface area (Å²) in [7, 11) is 1.78. The van der Waals surface area contributed by atoms with Crippen molar-refractivity contribution in [2.45, 2.75) is 6.92 Å². The Morgan fingerprint density at radius 1 is 1.39 bits per heavy atom. The lowest BCUT2D eigenvalue weighted by Crippen LogP contribution is -2.14. The molecular weight excluding hydrogens is 296 g/mol. The number of hydrogen-bond acceptors (Lipinski definition) is 3. The first-order valence-corrected chi connectivity index (χ1v) is 6.13. The lowest BCUT2D eigenvalue weighted by Gasteiger charge is -2.06. The quantitative estimate of drug-likeness (QED) is 0.836. The summed E-state index contributed by atoms with van der Waals surface area (Å²) in [4.78, 5) is 12.1. The van der Waals surface area contributed by atoms with Gasteiger partial charge in [-0.05, 0) is 25.1 Å². The minimum absolute atomic E-state index is 0.217. The standard InChI is InChI=1S/C12H13BrN4O/c1-7-3-11(17(2)16-7)15-12(18)8-4-9(13)6-10(14)5-8/h3-6H,14H2,1-2H3,(H,15,18). The summed E-state index contributed by atoms with van der Waals surface area (Å²) in [5.74, 6) is 0.432. The second kappa shape index (κ2) is 4.81. The van der Waals surface area contributed by atoms with Crippen molar-refractivity contribution in [1.82, 2.24) is 9.78 Å². The number of nitrogens with one attached hydrogen (secondary N) is 1. The van der Waals surface area contributed by atoms with Gasteiger partial charge < -0.3 is 11.1 Å². The maximum absolute atomic E-state index is 12.1. The monoisotopic (exact) mass is 308 g/mol. The van der Waals surface area contributed by atoms with Gasteiger partial charge in [-0.1, -0.05) is 15.9 Å². The average molecular weight is 309 g/mol. The third-order valence-electron chi connectivity index (χ3n) is 2.43. The number of rotatable bonds is 2. The van der Waals surface area contributed by atoms with Gasteiger partial charge in [0.1, 0.15) is 5.82 Å². The predicted molar refractivity (Wildman–Crippen MR) is 74.5 cm³/mol. The van der Waals surface area contributed by atoms with Crippen molar-refractivity contribution in [3.05, 3.63) is 40.0 Å². The number of carbonyl (C=O) groups is 1. The fourth-order valence-electron chi connectivity index (χ4n) is 1.66. The first kappa shape index (κ1) is 12.6. The van der Waals surface area contributed by atoms with Crippen molar-refractivity contribution < 1.29 is 4.79 Å². The summed E-state index contributed by atoms with van der Waals surface area (Å²) >= 11 is 3.31. The van der Waals surface area contributed by atoms with Crippen LogP contribution in [0.1, 0.15) is 16.1 Å². The van der Waals surface area contributed by atoms with E-state index < -0.39 is 0 Å². The predicted octanol–water partition coefficient (Wildman–Crippen LogP) is 2.33. The van der Waals surface area contributed by atoms with E-state index in [1.807, 2.05) is 6.92 Å². The van der Waals surface area contributed by atoms with Gasteiger partial charge in [0.05, 0.1) is 5.69 Å². The molecule has 1 aromatic heterocycles. The third kappa shape index (κ3) is 2.70. The SMILES string of the molecule is Cc1cc(NC(=O)c2cc(N)cc(Br)c2)n(C)n1. The molecule has 6 heteroatoms. The highest BCUT2D eigenvalue weighted by molar-refractivity contribution is 9.10. The molecule has 1 heterocycles. The van der Waals surface area contributed by atoms with Gasteiger partial charge in [0, 0.05) is 28.8 Å². The molecule has 0 aliphatic rings. The number of amides is 1. The highest BCUT2D eigenvalue weighted by Gasteiger charge is 2.10. The molecule has 0 unspecified atom stereocenters. The molecule has 5 nitrogen and oxygen atoms in total. The van der Waals surface area contributed by atoms with Crippen LogP contribution in [0, 0.1) is 6.92 Å². The number of benzene rings is 1. The first-order chi connectivity index (χ1) is 8.45. The molecule has 2 rings (SSSR count). The summed E-state index contributed by atoms with van der Waals surface area (Å²) in [6.45, 7) is 1.87. The number of nitrogen functional groups attached to an aromatic ring is 1. The molecule has 0 saturated heterocycles. The van der Waals surface area contributed by atoms with Gasteiger partial charge in [0.2, 0.25) is 0 Å².